The molecule has 4 heteroatoms. The molecule has 0 aromatic rings. The molecule has 0 bridgehead atoms. The average molecular weight is 241 g/mol. The Morgan fingerprint density at radius 1 is 1.47 bits per heavy atom. The van der Waals surface area contributed by atoms with Gasteiger partial charge in [0.05, 0.1) is 0 Å². The maximum Gasteiger partial charge on any atom is 0.221 e. The van der Waals surface area contributed by atoms with Crippen molar-refractivity contribution in [3.63, 3.8) is 0 Å². The predicted molar refractivity (Wildman–Crippen MR) is 71.0 cm³/mol. The van der Waals surface area contributed by atoms with E-state index in [1.54, 1.807) is 0 Å². The SMILES string of the molecule is CCN1CCCC1CNCCC(=O)NC(C)C. The molecule has 0 spiro atoms. The van der Waals surface area contributed by atoms with Gasteiger partial charge < -0.3 is 10.6 Å². The van der Waals surface area contributed by atoms with Crippen LogP contribution in [0.25, 0.3) is 0 Å². The van der Waals surface area contributed by atoms with Crippen molar-refractivity contribution in [3.05, 3.63) is 0 Å². The summed E-state index contributed by atoms with van der Waals surface area (Å²) in [6.07, 6.45) is 3.18. The highest BCUT2D eigenvalue weighted by Gasteiger charge is 2.21. The monoisotopic (exact) mass is 241 g/mol. The predicted octanol–water partition coefficient (Wildman–Crippen LogP) is 0.975. The van der Waals surface area contributed by atoms with Crippen LogP contribution in [0.4, 0.5) is 0 Å². The van der Waals surface area contributed by atoms with E-state index in [9.17, 15) is 4.79 Å². The Balaban J connectivity index is 2.05. The molecule has 0 aromatic carbocycles. The molecule has 4 nitrogen and oxygen atoms in total. The number of amides is 1. The number of rotatable bonds is 7. The zero-order valence-electron chi connectivity index (χ0n) is 11.5. The number of likely N-dealkylation sites (N-methyl/N-ethyl adjacent to an activating group) is 1. The van der Waals surface area contributed by atoms with E-state index < -0.39 is 0 Å². The molecule has 0 radical (unpaired) electrons. The third-order valence-electron chi connectivity index (χ3n) is 3.26. The summed E-state index contributed by atoms with van der Waals surface area (Å²) in [7, 11) is 0. The maximum atomic E-state index is 11.4. The van der Waals surface area contributed by atoms with E-state index in [1.807, 2.05) is 13.8 Å². The van der Waals surface area contributed by atoms with Crippen molar-refractivity contribution in [2.75, 3.05) is 26.2 Å². The van der Waals surface area contributed by atoms with E-state index in [0.717, 1.165) is 19.6 Å². The molecule has 0 aliphatic carbocycles. The van der Waals surface area contributed by atoms with Gasteiger partial charge in [-0.05, 0) is 39.8 Å². The lowest BCUT2D eigenvalue weighted by Crippen LogP contribution is -2.39. The molecule has 1 fully saturated rings. The summed E-state index contributed by atoms with van der Waals surface area (Å²) in [5.74, 6) is 0.145. The number of hydrogen-bond donors (Lipinski definition) is 2. The van der Waals surface area contributed by atoms with Gasteiger partial charge in [0.2, 0.25) is 5.91 Å². The van der Waals surface area contributed by atoms with Gasteiger partial charge in [0.15, 0.2) is 0 Å². The van der Waals surface area contributed by atoms with Gasteiger partial charge in [0.1, 0.15) is 0 Å². The molecule has 0 saturated carbocycles. The molecule has 1 rings (SSSR count). The molecule has 1 atom stereocenters. The Labute approximate surface area is 105 Å². The van der Waals surface area contributed by atoms with E-state index >= 15 is 0 Å². The first kappa shape index (κ1) is 14.5. The molecule has 1 heterocycles. The molecule has 17 heavy (non-hydrogen) atoms. The average Bonchev–Trinajstić information content (AvgIpc) is 2.70. The van der Waals surface area contributed by atoms with Crippen molar-refractivity contribution in [1.29, 1.82) is 0 Å². The van der Waals surface area contributed by atoms with Crippen LogP contribution in [0.1, 0.15) is 40.0 Å². The molecule has 1 amide bonds. The molecule has 1 aliphatic heterocycles. The number of carbonyl (C=O) groups is 1. The Hall–Kier alpha value is -0.610. The largest absolute Gasteiger partial charge is 0.354 e. The molecule has 1 aliphatic rings. The van der Waals surface area contributed by atoms with E-state index in [1.165, 1.54) is 19.4 Å². The fourth-order valence-electron chi connectivity index (χ4n) is 2.41. The lowest BCUT2D eigenvalue weighted by molar-refractivity contribution is -0.121. The highest BCUT2D eigenvalue weighted by molar-refractivity contribution is 5.76. The van der Waals surface area contributed by atoms with Crippen LogP contribution in [0.5, 0.6) is 0 Å². The van der Waals surface area contributed by atoms with Gasteiger partial charge in [-0.25, -0.2) is 0 Å². The number of nitrogens with one attached hydrogen (secondary N) is 2. The molecule has 0 aromatic heterocycles. The highest BCUT2D eigenvalue weighted by atomic mass is 16.1. The second-order valence-electron chi connectivity index (χ2n) is 5.10. The lowest BCUT2D eigenvalue weighted by atomic mass is 10.2. The minimum atomic E-state index is 0.145. The Morgan fingerprint density at radius 3 is 2.88 bits per heavy atom. The topological polar surface area (TPSA) is 44.4 Å². The van der Waals surface area contributed by atoms with E-state index in [2.05, 4.69) is 22.5 Å². The minimum absolute atomic E-state index is 0.145. The zero-order valence-corrected chi connectivity index (χ0v) is 11.5. The molecule has 2 N–H and O–H groups in total. The van der Waals surface area contributed by atoms with E-state index in [4.69, 9.17) is 0 Å². The minimum Gasteiger partial charge on any atom is -0.354 e. The van der Waals surface area contributed by atoms with E-state index in [0.29, 0.717) is 12.5 Å². The number of likely N-dealkylation sites (tertiary alicyclic amines) is 1. The van der Waals surface area contributed by atoms with Crippen LogP contribution in [0, 0.1) is 0 Å². The van der Waals surface area contributed by atoms with Crippen LogP contribution in [-0.4, -0.2) is 49.1 Å². The highest BCUT2D eigenvalue weighted by Crippen LogP contribution is 2.15. The molecular weight excluding hydrogens is 214 g/mol. The first-order valence-corrected chi connectivity index (χ1v) is 6.87. The lowest BCUT2D eigenvalue weighted by Gasteiger charge is -2.22. The summed E-state index contributed by atoms with van der Waals surface area (Å²) in [4.78, 5) is 13.9. The van der Waals surface area contributed by atoms with Gasteiger partial charge >= 0.3 is 0 Å². The molecule has 1 unspecified atom stereocenters. The second kappa shape index (κ2) is 7.67. The number of nitrogens with zero attached hydrogens (tertiary/aromatic N) is 1. The first-order chi connectivity index (χ1) is 8.13. The summed E-state index contributed by atoms with van der Waals surface area (Å²) >= 11 is 0. The fourth-order valence-corrected chi connectivity index (χ4v) is 2.41. The van der Waals surface area contributed by atoms with Crippen molar-refractivity contribution in [1.82, 2.24) is 15.5 Å². The molecule has 100 valence electrons. The summed E-state index contributed by atoms with van der Waals surface area (Å²) < 4.78 is 0. The summed E-state index contributed by atoms with van der Waals surface area (Å²) in [5.41, 5.74) is 0. The third kappa shape index (κ3) is 5.50. The maximum absolute atomic E-state index is 11.4. The van der Waals surface area contributed by atoms with Crippen molar-refractivity contribution < 1.29 is 4.79 Å². The van der Waals surface area contributed by atoms with Crippen LogP contribution in [0.3, 0.4) is 0 Å². The number of carbonyl (C=O) groups excluding carboxylic acids is 1. The van der Waals surface area contributed by atoms with Gasteiger partial charge in [0, 0.05) is 31.6 Å². The van der Waals surface area contributed by atoms with Gasteiger partial charge in [-0.15, -0.1) is 0 Å². The Morgan fingerprint density at radius 2 is 2.24 bits per heavy atom. The summed E-state index contributed by atoms with van der Waals surface area (Å²) in [6.45, 7) is 10.4. The first-order valence-electron chi connectivity index (χ1n) is 6.87. The normalized spacial score (nSPS) is 21.1. The Kier molecular flexibility index (Phi) is 6.52. The Bertz CT molecular complexity index is 231. The van der Waals surface area contributed by atoms with Crippen LogP contribution < -0.4 is 10.6 Å². The standard InChI is InChI=1S/C13H27N3O/c1-4-16-9-5-6-12(16)10-14-8-7-13(17)15-11(2)3/h11-12,14H,4-10H2,1-3H3,(H,15,17). The molecular formula is C13H27N3O. The molecule has 1 saturated heterocycles. The van der Waals surface area contributed by atoms with E-state index in [-0.39, 0.29) is 11.9 Å². The van der Waals surface area contributed by atoms with Gasteiger partial charge in [-0.2, -0.15) is 0 Å². The van der Waals surface area contributed by atoms with Crippen molar-refractivity contribution in [2.24, 2.45) is 0 Å². The number of hydrogen-bond acceptors (Lipinski definition) is 3. The van der Waals surface area contributed by atoms with Gasteiger partial charge in [-0.1, -0.05) is 6.92 Å². The van der Waals surface area contributed by atoms with Gasteiger partial charge in [0.25, 0.3) is 0 Å². The zero-order chi connectivity index (χ0) is 12.7. The smallest absolute Gasteiger partial charge is 0.221 e. The van der Waals surface area contributed by atoms with Crippen LogP contribution >= 0.6 is 0 Å². The summed E-state index contributed by atoms with van der Waals surface area (Å²) in [5, 5.41) is 6.30. The van der Waals surface area contributed by atoms with Crippen molar-refractivity contribution in [3.8, 4) is 0 Å². The van der Waals surface area contributed by atoms with Crippen LogP contribution in [0.2, 0.25) is 0 Å². The van der Waals surface area contributed by atoms with Crippen molar-refractivity contribution >= 4 is 5.91 Å². The fraction of sp³-hybridized carbons (Fsp3) is 0.923. The second-order valence-corrected chi connectivity index (χ2v) is 5.10. The quantitative estimate of drug-likeness (QED) is 0.653. The van der Waals surface area contributed by atoms with Crippen molar-refractivity contribution in [2.45, 2.75) is 52.1 Å². The summed E-state index contributed by atoms with van der Waals surface area (Å²) in [6, 6.07) is 0.918. The van der Waals surface area contributed by atoms with Gasteiger partial charge in [-0.3, -0.25) is 9.69 Å². The third-order valence-corrected chi connectivity index (χ3v) is 3.26. The van der Waals surface area contributed by atoms with Crippen LogP contribution in [0.15, 0.2) is 0 Å². The van der Waals surface area contributed by atoms with Crippen LogP contribution in [-0.2, 0) is 4.79 Å².